The Bertz CT molecular complexity index is 790. The zero-order chi connectivity index (χ0) is 16.8. The molecule has 1 atom stereocenters. The van der Waals surface area contributed by atoms with Crippen molar-refractivity contribution in [2.24, 2.45) is 4.99 Å². The first kappa shape index (κ1) is 16.4. The van der Waals surface area contributed by atoms with Crippen molar-refractivity contribution in [3.8, 4) is 0 Å². The van der Waals surface area contributed by atoms with Gasteiger partial charge in [0.2, 0.25) is 0 Å². The van der Waals surface area contributed by atoms with E-state index in [2.05, 4.69) is 34.7 Å². The van der Waals surface area contributed by atoms with E-state index in [4.69, 9.17) is 5.41 Å². The highest BCUT2D eigenvalue weighted by Crippen LogP contribution is 2.19. The number of benzene rings is 1. The molecule has 4 nitrogen and oxygen atoms in total. The summed E-state index contributed by atoms with van der Waals surface area (Å²) in [6.45, 7) is 2.09. The number of hydrogen-bond donors (Lipinski definition) is 3. The number of thiophene rings is 2. The first-order chi connectivity index (χ1) is 11.7. The van der Waals surface area contributed by atoms with Gasteiger partial charge in [-0.25, -0.2) is 4.99 Å². The quantitative estimate of drug-likeness (QED) is 0.418. The molecule has 1 unspecified atom stereocenters. The van der Waals surface area contributed by atoms with Crippen molar-refractivity contribution >= 4 is 45.5 Å². The molecule has 24 heavy (non-hydrogen) atoms. The Morgan fingerprint density at radius 1 is 1.08 bits per heavy atom. The minimum Gasteiger partial charge on any atom is -0.370 e. The number of hydrogen-bond acceptors (Lipinski definition) is 4. The van der Waals surface area contributed by atoms with Crippen LogP contribution < -0.4 is 10.6 Å². The maximum atomic E-state index is 8.05. The maximum Gasteiger partial charge on any atom is 0.140 e. The first-order valence-electron chi connectivity index (χ1n) is 7.54. The molecule has 0 saturated carbocycles. The number of nitrogens with one attached hydrogen (secondary N) is 3. The molecule has 0 radical (unpaired) electrons. The molecule has 3 rings (SSSR count). The van der Waals surface area contributed by atoms with E-state index < -0.39 is 0 Å². The van der Waals surface area contributed by atoms with Gasteiger partial charge in [-0.05, 0) is 53.6 Å². The summed E-state index contributed by atoms with van der Waals surface area (Å²) in [5.41, 5.74) is 2.08. The van der Waals surface area contributed by atoms with E-state index in [0.29, 0.717) is 5.84 Å². The molecule has 6 heteroatoms. The third-order valence-corrected chi connectivity index (χ3v) is 5.13. The van der Waals surface area contributed by atoms with Gasteiger partial charge in [0, 0.05) is 11.7 Å². The second-order valence-electron chi connectivity index (χ2n) is 5.20. The van der Waals surface area contributed by atoms with Gasteiger partial charge in [0.25, 0.3) is 0 Å². The largest absolute Gasteiger partial charge is 0.370 e. The lowest BCUT2D eigenvalue weighted by Crippen LogP contribution is -2.16. The highest BCUT2D eigenvalue weighted by molar-refractivity contribution is 7.13. The van der Waals surface area contributed by atoms with Gasteiger partial charge in [0.1, 0.15) is 10.8 Å². The molecule has 0 fully saturated rings. The van der Waals surface area contributed by atoms with Crippen LogP contribution in [0.1, 0.15) is 23.4 Å². The first-order valence-corrected chi connectivity index (χ1v) is 9.30. The van der Waals surface area contributed by atoms with E-state index in [-0.39, 0.29) is 6.04 Å². The Kier molecular flexibility index (Phi) is 5.40. The fourth-order valence-electron chi connectivity index (χ4n) is 2.13. The molecule has 0 amide bonds. The summed E-state index contributed by atoms with van der Waals surface area (Å²) in [5.74, 6) is 0.423. The number of nitrogens with zero attached hydrogens (tertiary/aromatic N) is 1. The molecule has 0 aliphatic heterocycles. The normalized spacial score (nSPS) is 12.2. The number of anilines is 1. The van der Waals surface area contributed by atoms with Gasteiger partial charge in [-0.2, -0.15) is 0 Å². The topological polar surface area (TPSA) is 60.3 Å². The Morgan fingerprint density at radius 3 is 2.50 bits per heavy atom. The molecule has 0 bridgehead atoms. The fourth-order valence-corrected chi connectivity index (χ4v) is 3.33. The molecule has 2 heterocycles. The molecular formula is C18H18N4S2. The second kappa shape index (κ2) is 7.90. The van der Waals surface area contributed by atoms with E-state index in [1.807, 2.05) is 47.2 Å². The van der Waals surface area contributed by atoms with E-state index in [0.717, 1.165) is 15.6 Å². The van der Waals surface area contributed by atoms with Gasteiger partial charge in [-0.1, -0.05) is 18.2 Å². The summed E-state index contributed by atoms with van der Waals surface area (Å²) in [6, 6.07) is 16.1. The molecule has 0 aliphatic rings. The molecular weight excluding hydrogens is 336 g/mol. The van der Waals surface area contributed by atoms with Crippen molar-refractivity contribution < 1.29 is 0 Å². The molecule has 0 spiro atoms. The third-order valence-electron chi connectivity index (χ3n) is 3.47. The standard InChI is InChI=1S/C18H18N4S2/c1-13(20-12-21-17-5-3-11-24-17)14-6-8-15(9-7-14)22-18(19)16-4-2-10-23-16/h2-13H,1H3,(H2,19,22)(H,20,21). The predicted octanol–water partition coefficient (Wildman–Crippen LogP) is 5.26. The van der Waals surface area contributed by atoms with Gasteiger partial charge in [-0.3, -0.25) is 5.41 Å². The Hall–Kier alpha value is -2.44. The smallest absolute Gasteiger partial charge is 0.140 e. The van der Waals surface area contributed by atoms with Crippen LogP contribution in [0.2, 0.25) is 0 Å². The van der Waals surface area contributed by atoms with Crippen LogP contribution in [0, 0.1) is 5.41 Å². The minimum absolute atomic E-state index is 0.166. The Balaban J connectivity index is 1.56. The van der Waals surface area contributed by atoms with E-state index in [9.17, 15) is 0 Å². The SMILES string of the molecule is CC(N/C=N/c1cccs1)c1ccc(NC(=N)c2cccs2)cc1. The molecule has 3 aromatic rings. The third kappa shape index (κ3) is 4.31. The van der Waals surface area contributed by atoms with Crippen molar-refractivity contribution in [3.63, 3.8) is 0 Å². The summed E-state index contributed by atoms with van der Waals surface area (Å²) in [6.07, 6.45) is 1.75. The second-order valence-corrected chi connectivity index (χ2v) is 7.07. The molecule has 3 N–H and O–H groups in total. The number of amidine groups is 1. The maximum absolute atomic E-state index is 8.05. The van der Waals surface area contributed by atoms with Crippen LogP contribution in [-0.2, 0) is 0 Å². The van der Waals surface area contributed by atoms with Crippen LogP contribution >= 0.6 is 22.7 Å². The number of rotatable bonds is 6. The van der Waals surface area contributed by atoms with E-state index in [1.54, 1.807) is 29.0 Å². The van der Waals surface area contributed by atoms with Crippen molar-refractivity contribution in [1.29, 1.82) is 5.41 Å². The van der Waals surface area contributed by atoms with Gasteiger partial charge < -0.3 is 10.6 Å². The molecule has 122 valence electrons. The highest BCUT2D eigenvalue weighted by atomic mass is 32.1. The Morgan fingerprint density at radius 2 is 1.83 bits per heavy atom. The molecule has 0 saturated heterocycles. The lowest BCUT2D eigenvalue weighted by Gasteiger charge is -2.13. The summed E-state index contributed by atoms with van der Waals surface area (Å²) >= 11 is 3.17. The average molecular weight is 355 g/mol. The lowest BCUT2D eigenvalue weighted by atomic mass is 10.1. The Labute approximate surface area is 149 Å². The van der Waals surface area contributed by atoms with E-state index in [1.165, 1.54) is 5.56 Å². The fraction of sp³-hybridized carbons (Fsp3) is 0.111. The van der Waals surface area contributed by atoms with Gasteiger partial charge in [0.15, 0.2) is 0 Å². The predicted molar refractivity (Wildman–Crippen MR) is 105 cm³/mol. The monoisotopic (exact) mass is 354 g/mol. The summed E-state index contributed by atoms with van der Waals surface area (Å²) in [7, 11) is 0. The van der Waals surface area contributed by atoms with Gasteiger partial charge >= 0.3 is 0 Å². The van der Waals surface area contributed by atoms with Crippen molar-refractivity contribution in [1.82, 2.24) is 5.32 Å². The summed E-state index contributed by atoms with van der Waals surface area (Å²) in [5, 5.41) is 19.4. The molecule has 0 aliphatic carbocycles. The molecule has 1 aromatic carbocycles. The lowest BCUT2D eigenvalue weighted by molar-refractivity contribution is 0.727. The summed E-state index contributed by atoms with van der Waals surface area (Å²) < 4.78 is 0. The van der Waals surface area contributed by atoms with Crippen LogP contribution in [0.25, 0.3) is 0 Å². The van der Waals surface area contributed by atoms with Crippen LogP contribution in [0.4, 0.5) is 10.7 Å². The van der Waals surface area contributed by atoms with Crippen LogP contribution in [-0.4, -0.2) is 12.2 Å². The van der Waals surface area contributed by atoms with Crippen LogP contribution in [0.3, 0.4) is 0 Å². The number of aliphatic imine (C=N–C) groups is 1. The van der Waals surface area contributed by atoms with Crippen molar-refractivity contribution in [2.45, 2.75) is 13.0 Å². The zero-order valence-electron chi connectivity index (χ0n) is 13.2. The average Bonchev–Trinajstić information content (AvgIpc) is 3.29. The van der Waals surface area contributed by atoms with Crippen molar-refractivity contribution in [2.75, 3.05) is 5.32 Å². The van der Waals surface area contributed by atoms with E-state index >= 15 is 0 Å². The van der Waals surface area contributed by atoms with Gasteiger partial charge in [0.05, 0.1) is 11.2 Å². The van der Waals surface area contributed by atoms with Crippen LogP contribution in [0.5, 0.6) is 0 Å². The summed E-state index contributed by atoms with van der Waals surface area (Å²) in [4.78, 5) is 5.29. The highest BCUT2D eigenvalue weighted by Gasteiger charge is 2.05. The van der Waals surface area contributed by atoms with Crippen LogP contribution in [0.15, 0.2) is 64.3 Å². The van der Waals surface area contributed by atoms with Gasteiger partial charge in [-0.15, -0.1) is 22.7 Å². The minimum atomic E-state index is 0.166. The zero-order valence-corrected chi connectivity index (χ0v) is 14.8. The molecule has 2 aromatic heterocycles. The van der Waals surface area contributed by atoms with Crippen molar-refractivity contribution in [3.05, 3.63) is 69.7 Å².